The van der Waals surface area contributed by atoms with Crippen LogP contribution in [0.1, 0.15) is 36.1 Å². The Morgan fingerprint density at radius 1 is 1.23 bits per heavy atom. The summed E-state index contributed by atoms with van der Waals surface area (Å²) in [6, 6.07) is 11.1. The van der Waals surface area contributed by atoms with Gasteiger partial charge >= 0.3 is 5.63 Å². The largest absolute Gasteiger partial charge is 0.467 e. The summed E-state index contributed by atoms with van der Waals surface area (Å²) in [7, 11) is 0. The van der Waals surface area contributed by atoms with E-state index in [0.29, 0.717) is 35.3 Å². The summed E-state index contributed by atoms with van der Waals surface area (Å²) in [5.74, 6) is 1.53. The van der Waals surface area contributed by atoms with Gasteiger partial charge in [0.05, 0.1) is 12.8 Å². The zero-order valence-electron chi connectivity index (χ0n) is 17.0. The van der Waals surface area contributed by atoms with E-state index >= 15 is 0 Å². The third-order valence-corrected chi connectivity index (χ3v) is 5.96. The van der Waals surface area contributed by atoms with Crippen LogP contribution in [0.3, 0.4) is 0 Å². The summed E-state index contributed by atoms with van der Waals surface area (Å²) >= 11 is 1.46. The number of carbonyl (C=O) groups is 1. The van der Waals surface area contributed by atoms with E-state index in [1.807, 2.05) is 34.9 Å². The van der Waals surface area contributed by atoms with Crippen molar-refractivity contribution in [3.05, 3.63) is 75.8 Å². The number of hydrogen-bond acceptors (Lipinski definition) is 7. The standard InChI is InChI=1S/C22H22N4O4S/c1-2-14-5-6-17-15(11-21(28)30-18(17)10-14)13-31-22-25-24-20(8-7-19(23)27)26(22)12-16-4-3-9-29-16/h3-6,9-11H,2,7-8,12-13H2,1H3,(H2,23,27). The Balaban J connectivity index is 1.62. The molecule has 0 saturated heterocycles. The maximum Gasteiger partial charge on any atom is 0.336 e. The normalized spacial score (nSPS) is 11.3. The molecule has 0 atom stereocenters. The van der Waals surface area contributed by atoms with Crippen LogP contribution in [0.4, 0.5) is 0 Å². The van der Waals surface area contributed by atoms with E-state index in [-0.39, 0.29) is 12.0 Å². The van der Waals surface area contributed by atoms with E-state index in [0.717, 1.165) is 28.7 Å². The molecule has 8 nitrogen and oxygen atoms in total. The predicted octanol–water partition coefficient (Wildman–Crippen LogP) is 3.30. The van der Waals surface area contributed by atoms with Crippen LogP contribution in [0.2, 0.25) is 0 Å². The van der Waals surface area contributed by atoms with Crippen LogP contribution >= 0.6 is 11.8 Å². The molecular formula is C22H22N4O4S. The summed E-state index contributed by atoms with van der Waals surface area (Å²) < 4.78 is 12.8. The predicted molar refractivity (Wildman–Crippen MR) is 117 cm³/mol. The molecule has 2 N–H and O–H groups in total. The van der Waals surface area contributed by atoms with Crippen molar-refractivity contribution >= 4 is 28.6 Å². The topological polar surface area (TPSA) is 117 Å². The van der Waals surface area contributed by atoms with Gasteiger partial charge in [0.15, 0.2) is 5.16 Å². The SMILES string of the molecule is CCc1ccc2c(CSc3nnc(CCC(N)=O)n3Cc3ccco3)cc(=O)oc2c1. The highest BCUT2D eigenvalue weighted by molar-refractivity contribution is 7.98. The maximum absolute atomic E-state index is 12.1. The Bertz CT molecular complexity index is 1260. The van der Waals surface area contributed by atoms with Gasteiger partial charge in [0, 0.05) is 30.0 Å². The molecule has 0 aliphatic rings. The Morgan fingerprint density at radius 3 is 2.84 bits per heavy atom. The first-order valence-corrected chi connectivity index (χ1v) is 10.9. The highest BCUT2D eigenvalue weighted by Gasteiger charge is 2.16. The Kier molecular flexibility index (Phi) is 6.22. The van der Waals surface area contributed by atoms with Gasteiger partial charge in [-0.15, -0.1) is 10.2 Å². The first-order valence-electron chi connectivity index (χ1n) is 9.94. The van der Waals surface area contributed by atoms with Crippen molar-refractivity contribution in [2.24, 2.45) is 5.73 Å². The number of nitrogens with two attached hydrogens (primary N) is 1. The second kappa shape index (κ2) is 9.22. The van der Waals surface area contributed by atoms with E-state index in [2.05, 4.69) is 17.1 Å². The number of fused-ring (bicyclic) bond motifs is 1. The highest BCUT2D eigenvalue weighted by atomic mass is 32.2. The van der Waals surface area contributed by atoms with Crippen LogP contribution in [0.5, 0.6) is 0 Å². The number of carbonyl (C=O) groups excluding carboxylic acids is 1. The fraction of sp³-hybridized carbons (Fsp3) is 0.273. The summed E-state index contributed by atoms with van der Waals surface area (Å²) in [5.41, 5.74) is 7.48. The van der Waals surface area contributed by atoms with Crippen molar-refractivity contribution in [2.75, 3.05) is 0 Å². The molecule has 0 saturated carbocycles. The molecule has 4 rings (SSSR count). The number of primary amides is 1. The first kappa shape index (κ1) is 20.9. The molecule has 1 amide bonds. The summed E-state index contributed by atoms with van der Waals surface area (Å²) in [5, 5.41) is 10.1. The lowest BCUT2D eigenvalue weighted by Crippen LogP contribution is -2.14. The fourth-order valence-electron chi connectivity index (χ4n) is 3.32. The molecule has 0 fully saturated rings. The molecule has 0 radical (unpaired) electrons. The van der Waals surface area contributed by atoms with Crippen molar-refractivity contribution in [1.29, 1.82) is 0 Å². The minimum Gasteiger partial charge on any atom is -0.467 e. The van der Waals surface area contributed by atoms with Crippen molar-refractivity contribution in [3.63, 3.8) is 0 Å². The van der Waals surface area contributed by atoms with Crippen LogP contribution in [-0.4, -0.2) is 20.7 Å². The molecule has 0 unspecified atom stereocenters. The first-order chi connectivity index (χ1) is 15.0. The van der Waals surface area contributed by atoms with Gasteiger partial charge in [-0.2, -0.15) is 0 Å². The number of rotatable bonds is 9. The van der Waals surface area contributed by atoms with Gasteiger partial charge in [0.1, 0.15) is 17.2 Å². The zero-order chi connectivity index (χ0) is 21.8. The minimum atomic E-state index is -0.393. The molecule has 160 valence electrons. The average Bonchev–Trinajstić information content (AvgIpc) is 3.40. The summed E-state index contributed by atoms with van der Waals surface area (Å²) in [4.78, 5) is 23.3. The van der Waals surface area contributed by atoms with Crippen LogP contribution in [0.25, 0.3) is 11.0 Å². The average molecular weight is 439 g/mol. The lowest BCUT2D eigenvalue weighted by Gasteiger charge is -2.09. The maximum atomic E-state index is 12.1. The van der Waals surface area contributed by atoms with Crippen molar-refractivity contribution in [2.45, 2.75) is 43.6 Å². The molecular weight excluding hydrogens is 416 g/mol. The number of nitrogens with zero attached hydrogens (tertiary/aromatic N) is 3. The molecule has 9 heteroatoms. The zero-order valence-corrected chi connectivity index (χ0v) is 17.9. The highest BCUT2D eigenvalue weighted by Crippen LogP contribution is 2.27. The number of amides is 1. The van der Waals surface area contributed by atoms with Crippen LogP contribution in [0, 0.1) is 0 Å². The lowest BCUT2D eigenvalue weighted by atomic mass is 10.1. The second-order valence-electron chi connectivity index (χ2n) is 7.09. The van der Waals surface area contributed by atoms with Gasteiger partial charge in [-0.05, 0) is 35.7 Å². The fourth-order valence-corrected chi connectivity index (χ4v) is 4.27. The molecule has 0 aliphatic heterocycles. The van der Waals surface area contributed by atoms with Gasteiger partial charge in [0.25, 0.3) is 0 Å². The van der Waals surface area contributed by atoms with Crippen molar-refractivity contribution < 1.29 is 13.6 Å². The molecule has 1 aromatic carbocycles. The van der Waals surface area contributed by atoms with Crippen LogP contribution in [-0.2, 0) is 29.9 Å². The van der Waals surface area contributed by atoms with E-state index < -0.39 is 5.91 Å². The molecule has 0 spiro atoms. The lowest BCUT2D eigenvalue weighted by molar-refractivity contribution is -0.118. The number of hydrogen-bond donors (Lipinski definition) is 1. The van der Waals surface area contributed by atoms with Crippen LogP contribution in [0.15, 0.2) is 61.4 Å². The van der Waals surface area contributed by atoms with Crippen molar-refractivity contribution in [1.82, 2.24) is 14.8 Å². The monoisotopic (exact) mass is 438 g/mol. The van der Waals surface area contributed by atoms with E-state index in [1.165, 1.54) is 17.8 Å². The molecule has 4 aromatic rings. The minimum absolute atomic E-state index is 0.186. The van der Waals surface area contributed by atoms with Crippen molar-refractivity contribution in [3.8, 4) is 0 Å². The summed E-state index contributed by atoms with van der Waals surface area (Å²) in [6.45, 7) is 2.49. The van der Waals surface area contributed by atoms with E-state index in [1.54, 1.807) is 6.26 Å². The number of aryl methyl sites for hydroxylation is 2. The summed E-state index contributed by atoms with van der Waals surface area (Å²) in [6.07, 6.45) is 3.05. The quantitative estimate of drug-likeness (QED) is 0.315. The third-order valence-electron chi connectivity index (χ3n) is 4.94. The van der Waals surface area contributed by atoms with E-state index in [4.69, 9.17) is 14.6 Å². The number of thioether (sulfide) groups is 1. The number of aromatic nitrogens is 3. The molecule has 0 bridgehead atoms. The molecule has 3 heterocycles. The second-order valence-corrected chi connectivity index (χ2v) is 8.04. The third kappa shape index (κ3) is 4.88. The van der Waals surface area contributed by atoms with E-state index in [9.17, 15) is 9.59 Å². The smallest absolute Gasteiger partial charge is 0.336 e. The molecule has 3 aromatic heterocycles. The van der Waals surface area contributed by atoms with Gasteiger partial charge in [0.2, 0.25) is 5.91 Å². The van der Waals surface area contributed by atoms with Crippen LogP contribution < -0.4 is 11.4 Å². The Labute approximate surface area is 182 Å². The van der Waals surface area contributed by atoms with Gasteiger partial charge in [-0.3, -0.25) is 9.36 Å². The van der Waals surface area contributed by atoms with Gasteiger partial charge in [-0.1, -0.05) is 30.8 Å². The Hall–Kier alpha value is -3.33. The Morgan fingerprint density at radius 2 is 2.10 bits per heavy atom. The number of furan rings is 1. The van der Waals surface area contributed by atoms with Gasteiger partial charge < -0.3 is 14.6 Å². The number of benzene rings is 1. The molecule has 31 heavy (non-hydrogen) atoms. The van der Waals surface area contributed by atoms with Gasteiger partial charge in [-0.25, -0.2) is 4.79 Å². The molecule has 0 aliphatic carbocycles.